The van der Waals surface area contributed by atoms with E-state index in [-0.39, 0.29) is 23.2 Å². The van der Waals surface area contributed by atoms with Crippen molar-refractivity contribution >= 4 is 28.1 Å². The van der Waals surface area contributed by atoms with Crippen LogP contribution in [-0.2, 0) is 0 Å². The van der Waals surface area contributed by atoms with Crippen LogP contribution < -0.4 is 14.9 Å². The Morgan fingerprint density at radius 1 is 1.17 bits per heavy atom. The van der Waals surface area contributed by atoms with Gasteiger partial charge in [-0.3, -0.25) is 4.79 Å². The Morgan fingerprint density at radius 2 is 1.74 bits per heavy atom. The Hall–Kier alpha value is -2.54. The number of ether oxygens (including phenoxy) is 2. The van der Waals surface area contributed by atoms with Crippen molar-refractivity contribution in [3.63, 3.8) is 0 Å². The number of hydrogen-bond donors (Lipinski definition) is 2. The number of benzene rings is 2. The predicted molar refractivity (Wildman–Crippen MR) is 90.4 cm³/mol. The second-order valence-corrected chi connectivity index (χ2v) is 5.40. The van der Waals surface area contributed by atoms with E-state index in [1.807, 2.05) is 0 Å². The number of carbonyl (C=O) groups excluding carboxylic acids is 1. The number of rotatable bonds is 5. The second-order valence-electron chi connectivity index (χ2n) is 4.48. The summed E-state index contributed by atoms with van der Waals surface area (Å²) in [5, 5.41) is 13.7. The molecule has 2 aromatic rings. The lowest BCUT2D eigenvalue weighted by molar-refractivity contribution is 0.0955. The lowest BCUT2D eigenvalue weighted by Crippen LogP contribution is -2.17. The van der Waals surface area contributed by atoms with Gasteiger partial charge in [0.05, 0.1) is 20.4 Å². The van der Waals surface area contributed by atoms with Crippen molar-refractivity contribution in [3.8, 4) is 17.2 Å². The third-order valence-corrected chi connectivity index (χ3v) is 3.52. The van der Waals surface area contributed by atoms with E-state index in [1.54, 1.807) is 36.4 Å². The Morgan fingerprint density at radius 3 is 2.26 bits per heavy atom. The third kappa shape index (κ3) is 4.23. The summed E-state index contributed by atoms with van der Waals surface area (Å²) in [6, 6.07) is 10.1. The molecule has 0 atom stereocenters. The van der Waals surface area contributed by atoms with Crippen LogP contribution in [0.25, 0.3) is 0 Å². The largest absolute Gasteiger partial charge is 0.502 e. The van der Waals surface area contributed by atoms with Crippen molar-refractivity contribution < 1.29 is 19.4 Å². The van der Waals surface area contributed by atoms with Crippen LogP contribution in [0.3, 0.4) is 0 Å². The van der Waals surface area contributed by atoms with Crippen molar-refractivity contribution in [2.75, 3.05) is 14.2 Å². The van der Waals surface area contributed by atoms with E-state index in [0.29, 0.717) is 11.1 Å². The molecule has 2 rings (SSSR count). The van der Waals surface area contributed by atoms with Crippen molar-refractivity contribution in [2.24, 2.45) is 5.10 Å². The van der Waals surface area contributed by atoms with Crippen LogP contribution in [0.5, 0.6) is 17.2 Å². The first-order chi connectivity index (χ1) is 11.0. The zero-order valence-corrected chi connectivity index (χ0v) is 14.1. The van der Waals surface area contributed by atoms with Gasteiger partial charge in [0, 0.05) is 15.6 Å². The molecule has 120 valence electrons. The molecule has 0 saturated heterocycles. The smallest absolute Gasteiger partial charge is 0.271 e. The minimum Gasteiger partial charge on any atom is -0.502 e. The van der Waals surface area contributed by atoms with Gasteiger partial charge in [0.1, 0.15) is 0 Å². The van der Waals surface area contributed by atoms with E-state index in [4.69, 9.17) is 9.47 Å². The van der Waals surface area contributed by atoms with Gasteiger partial charge in [-0.05, 0) is 36.4 Å². The van der Waals surface area contributed by atoms with Crippen LogP contribution in [0.15, 0.2) is 46.0 Å². The maximum atomic E-state index is 11.9. The number of aromatic hydroxyl groups is 1. The summed E-state index contributed by atoms with van der Waals surface area (Å²) in [5.74, 6) is 0.0904. The number of phenolic OH excluding ortho intramolecular Hbond substituents is 1. The van der Waals surface area contributed by atoms with Crippen molar-refractivity contribution in [3.05, 3.63) is 52.0 Å². The number of amides is 1. The number of hydrazone groups is 1. The fourth-order valence-corrected chi connectivity index (χ4v) is 2.08. The Kier molecular flexibility index (Phi) is 5.59. The number of hydrogen-bond acceptors (Lipinski definition) is 5. The Bertz CT molecular complexity index is 704. The highest BCUT2D eigenvalue weighted by Crippen LogP contribution is 2.36. The molecule has 1 amide bonds. The first-order valence-electron chi connectivity index (χ1n) is 6.59. The Labute approximate surface area is 141 Å². The maximum Gasteiger partial charge on any atom is 0.271 e. The molecular weight excluding hydrogens is 364 g/mol. The number of methoxy groups -OCH3 is 2. The van der Waals surface area contributed by atoms with Gasteiger partial charge in [0.15, 0.2) is 11.5 Å². The van der Waals surface area contributed by atoms with Crippen LogP contribution in [0.1, 0.15) is 15.9 Å². The minimum atomic E-state index is -0.327. The summed E-state index contributed by atoms with van der Waals surface area (Å²) in [7, 11) is 2.87. The van der Waals surface area contributed by atoms with Crippen LogP contribution in [0.2, 0.25) is 0 Å². The van der Waals surface area contributed by atoms with Gasteiger partial charge in [-0.15, -0.1) is 0 Å². The predicted octanol–water partition coefficient (Wildman–Crippen LogP) is 2.94. The summed E-state index contributed by atoms with van der Waals surface area (Å²) in [6.45, 7) is 0. The summed E-state index contributed by atoms with van der Waals surface area (Å²) in [5.41, 5.74) is 3.52. The minimum absolute atomic E-state index is 0.0916. The quantitative estimate of drug-likeness (QED) is 0.619. The molecule has 0 radical (unpaired) electrons. The van der Waals surface area contributed by atoms with E-state index < -0.39 is 0 Å². The fraction of sp³-hybridized carbons (Fsp3) is 0.125. The van der Waals surface area contributed by atoms with Gasteiger partial charge in [-0.1, -0.05) is 15.9 Å². The van der Waals surface area contributed by atoms with E-state index >= 15 is 0 Å². The normalized spacial score (nSPS) is 10.6. The number of carbonyl (C=O) groups is 1. The Balaban J connectivity index is 2.11. The molecule has 0 saturated carbocycles. The molecule has 2 N–H and O–H groups in total. The summed E-state index contributed by atoms with van der Waals surface area (Å²) >= 11 is 3.31. The molecular formula is C16H15BrN2O4. The van der Waals surface area contributed by atoms with Crippen LogP contribution >= 0.6 is 15.9 Å². The molecule has 0 bridgehead atoms. The van der Waals surface area contributed by atoms with Gasteiger partial charge >= 0.3 is 0 Å². The van der Waals surface area contributed by atoms with Crippen molar-refractivity contribution in [1.82, 2.24) is 5.43 Å². The molecule has 0 unspecified atom stereocenters. The average molecular weight is 379 g/mol. The number of nitrogens with zero attached hydrogens (tertiary/aromatic N) is 1. The average Bonchev–Trinajstić information content (AvgIpc) is 2.56. The highest BCUT2D eigenvalue weighted by molar-refractivity contribution is 9.10. The van der Waals surface area contributed by atoms with Crippen molar-refractivity contribution in [2.45, 2.75) is 0 Å². The van der Waals surface area contributed by atoms with Gasteiger partial charge in [0.2, 0.25) is 5.75 Å². The molecule has 2 aromatic carbocycles. The molecule has 0 aliphatic rings. The van der Waals surface area contributed by atoms with Gasteiger partial charge in [0.25, 0.3) is 5.91 Å². The number of halogens is 1. The summed E-state index contributed by atoms with van der Waals surface area (Å²) < 4.78 is 11.0. The summed E-state index contributed by atoms with van der Waals surface area (Å²) in [6.07, 6.45) is 1.43. The zero-order valence-electron chi connectivity index (χ0n) is 12.5. The van der Waals surface area contributed by atoms with Crippen LogP contribution in [-0.4, -0.2) is 31.4 Å². The molecule has 0 aromatic heterocycles. The third-order valence-electron chi connectivity index (χ3n) is 2.99. The molecule has 23 heavy (non-hydrogen) atoms. The SMILES string of the molecule is COc1cc(/C=N/NC(=O)c2ccc(Br)cc2)cc(OC)c1O. The second kappa shape index (κ2) is 7.64. The van der Waals surface area contributed by atoms with Crippen LogP contribution in [0.4, 0.5) is 0 Å². The van der Waals surface area contributed by atoms with E-state index in [2.05, 4.69) is 26.5 Å². The first kappa shape index (κ1) is 16.8. The highest BCUT2D eigenvalue weighted by atomic mass is 79.9. The van der Waals surface area contributed by atoms with E-state index in [9.17, 15) is 9.90 Å². The highest BCUT2D eigenvalue weighted by Gasteiger charge is 2.10. The molecule has 0 heterocycles. The monoisotopic (exact) mass is 378 g/mol. The standard InChI is InChI=1S/C16H15BrN2O4/c1-22-13-7-10(8-14(23-2)15(13)20)9-18-19-16(21)11-3-5-12(17)6-4-11/h3-9,20H,1-2H3,(H,19,21)/b18-9+. The van der Waals surface area contributed by atoms with E-state index in [1.165, 1.54) is 20.4 Å². The summed E-state index contributed by atoms with van der Waals surface area (Å²) in [4.78, 5) is 11.9. The lowest BCUT2D eigenvalue weighted by Gasteiger charge is -2.09. The number of nitrogens with one attached hydrogen (secondary N) is 1. The topological polar surface area (TPSA) is 80.2 Å². The van der Waals surface area contributed by atoms with Crippen LogP contribution in [0, 0.1) is 0 Å². The maximum absolute atomic E-state index is 11.9. The first-order valence-corrected chi connectivity index (χ1v) is 7.38. The molecule has 0 spiro atoms. The number of phenols is 1. The zero-order chi connectivity index (χ0) is 16.8. The lowest BCUT2D eigenvalue weighted by atomic mass is 10.2. The molecule has 6 nitrogen and oxygen atoms in total. The van der Waals surface area contributed by atoms with Gasteiger partial charge in [-0.25, -0.2) is 5.43 Å². The van der Waals surface area contributed by atoms with Gasteiger partial charge < -0.3 is 14.6 Å². The van der Waals surface area contributed by atoms with Gasteiger partial charge in [-0.2, -0.15) is 5.10 Å². The molecule has 0 aliphatic carbocycles. The van der Waals surface area contributed by atoms with E-state index in [0.717, 1.165) is 4.47 Å². The molecule has 7 heteroatoms. The molecule has 0 aliphatic heterocycles. The van der Waals surface area contributed by atoms with Crippen molar-refractivity contribution in [1.29, 1.82) is 0 Å². The molecule has 0 fully saturated rings. The fourth-order valence-electron chi connectivity index (χ4n) is 1.82.